The van der Waals surface area contributed by atoms with E-state index in [2.05, 4.69) is 4.90 Å². The number of likely N-dealkylation sites (tertiary alicyclic amines) is 1. The number of hydrogen-bond donors (Lipinski definition) is 0. The summed E-state index contributed by atoms with van der Waals surface area (Å²) in [6.45, 7) is 5.69. The van der Waals surface area contributed by atoms with E-state index in [0.717, 1.165) is 58.0 Å². The Morgan fingerprint density at radius 3 is 2.56 bits per heavy atom. The van der Waals surface area contributed by atoms with Crippen molar-refractivity contribution in [3.8, 4) is 5.75 Å². The van der Waals surface area contributed by atoms with Crippen LogP contribution in [0.5, 0.6) is 5.75 Å². The van der Waals surface area contributed by atoms with Crippen molar-refractivity contribution in [1.29, 1.82) is 0 Å². The van der Waals surface area contributed by atoms with Crippen LogP contribution in [0.15, 0.2) is 30.3 Å². The van der Waals surface area contributed by atoms with E-state index in [9.17, 15) is 4.79 Å². The standard InChI is InChI=1S/C20H30N2O3/c23-20(17-25-19-7-3-1-4-8-19)22(18-9-15-24-16-10-18)14-13-21-11-5-2-6-12-21/h1,3-4,7-8,18H,2,5-6,9-17H2. The lowest BCUT2D eigenvalue weighted by atomic mass is 10.1. The molecular formula is C20H30N2O3. The normalized spacial score (nSPS) is 19.5. The Bertz CT molecular complexity index is 511. The molecular weight excluding hydrogens is 316 g/mol. The lowest BCUT2D eigenvalue weighted by molar-refractivity contribution is -0.138. The van der Waals surface area contributed by atoms with Crippen molar-refractivity contribution in [2.24, 2.45) is 0 Å². The largest absolute Gasteiger partial charge is 0.484 e. The zero-order valence-corrected chi connectivity index (χ0v) is 15.1. The summed E-state index contributed by atoms with van der Waals surface area (Å²) >= 11 is 0. The van der Waals surface area contributed by atoms with Crippen LogP contribution in [0.4, 0.5) is 0 Å². The number of amides is 1. The number of carbonyl (C=O) groups excluding carboxylic acids is 1. The number of benzene rings is 1. The Balaban J connectivity index is 1.55. The van der Waals surface area contributed by atoms with Gasteiger partial charge in [-0.2, -0.15) is 0 Å². The molecule has 3 rings (SSSR count). The lowest BCUT2D eigenvalue weighted by Crippen LogP contribution is -2.49. The second kappa shape index (κ2) is 9.78. The van der Waals surface area contributed by atoms with Crippen LogP contribution in [-0.4, -0.2) is 67.7 Å². The van der Waals surface area contributed by atoms with Crippen LogP contribution >= 0.6 is 0 Å². The summed E-state index contributed by atoms with van der Waals surface area (Å²) in [5.41, 5.74) is 0. The van der Waals surface area contributed by atoms with E-state index in [1.54, 1.807) is 0 Å². The van der Waals surface area contributed by atoms with Gasteiger partial charge in [0.1, 0.15) is 5.75 Å². The summed E-state index contributed by atoms with van der Waals surface area (Å²) in [6.07, 6.45) is 5.75. The number of nitrogens with zero attached hydrogens (tertiary/aromatic N) is 2. The highest BCUT2D eigenvalue weighted by Gasteiger charge is 2.26. The van der Waals surface area contributed by atoms with Crippen LogP contribution < -0.4 is 4.74 Å². The molecule has 0 unspecified atom stereocenters. The van der Waals surface area contributed by atoms with Gasteiger partial charge in [-0.25, -0.2) is 0 Å². The third-order valence-electron chi connectivity index (χ3n) is 5.16. The predicted molar refractivity (Wildman–Crippen MR) is 97.8 cm³/mol. The van der Waals surface area contributed by atoms with Gasteiger partial charge in [0.15, 0.2) is 6.61 Å². The summed E-state index contributed by atoms with van der Waals surface area (Å²) < 4.78 is 11.2. The fraction of sp³-hybridized carbons (Fsp3) is 0.650. The molecule has 0 spiro atoms. The number of carbonyl (C=O) groups is 1. The van der Waals surface area contributed by atoms with Crippen LogP contribution in [0.3, 0.4) is 0 Å². The van der Waals surface area contributed by atoms with Crippen molar-refractivity contribution in [2.45, 2.75) is 38.1 Å². The smallest absolute Gasteiger partial charge is 0.260 e. The van der Waals surface area contributed by atoms with Crippen LogP contribution in [0.25, 0.3) is 0 Å². The van der Waals surface area contributed by atoms with Gasteiger partial charge in [-0.1, -0.05) is 24.6 Å². The molecule has 1 aromatic rings. The van der Waals surface area contributed by atoms with E-state index in [4.69, 9.17) is 9.47 Å². The number of rotatable bonds is 7. The Labute approximate surface area is 150 Å². The highest BCUT2D eigenvalue weighted by Crippen LogP contribution is 2.17. The number of piperidine rings is 1. The lowest BCUT2D eigenvalue weighted by Gasteiger charge is -2.36. The quantitative estimate of drug-likeness (QED) is 0.761. The zero-order chi connectivity index (χ0) is 17.3. The molecule has 0 N–H and O–H groups in total. The SMILES string of the molecule is O=C(COc1ccccc1)N(CCN1CCCCC1)C1CCOCC1. The first kappa shape index (κ1) is 18.2. The molecule has 25 heavy (non-hydrogen) atoms. The highest BCUT2D eigenvalue weighted by atomic mass is 16.5. The maximum atomic E-state index is 12.8. The molecule has 2 saturated heterocycles. The maximum absolute atomic E-state index is 12.8. The van der Waals surface area contributed by atoms with E-state index in [-0.39, 0.29) is 18.6 Å². The van der Waals surface area contributed by atoms with Gasteiger partial charge in [-0.3, -0.25) is 4.79 Å². The number of para-hydroxylation sites is 1. The van der Waals surface area contributed by atoms with Gasteiger partial charge in [0.25, 0.3) is 5.91 Å². The second-order valence-electron chi connectivity index (χ2n) is 6.93. The molecule has 0 aromatic heterocycles. The van der Waals surface area contributed by atoms with Crippen molar-refractivity contribution in [3.63, 3.8) is 0 Å². The molecule has 2 aliphatic heterocycles. The molecule has 138 valence electrons. The number of ether oxygens (including phenoxy) is 2. The topological polar surface area (TPSA) is 42.0 Å². The number of hydrogen-bond acceptors (Lipinski definition) is 4. The van der Waals surface area contributed by atoms with Crippen molar-refractivity contribution < 1.29 is 14.3 Å². The average molecular weight is 346 g/mol. The van der Waals surface area contributed by atoms with E-state index < -0.39 is 0 Å². The van der Waals surface area contributed by atoms with Gasteiger partial charge in [0, 0.05) is 32.3 Å². The first-order valence-corrected chi connectivity index (χ1v) is 9.60. The molecule has 2 heterocycles. The molecule has 0 bridgehead atoms. The summed E-state index contributed by atoms with van der Waals surface area (Å²) in [6, 6.07) is 9.85. The van der Waals surface area contributed by atoms with Crippen LogP contribution in [0.1, 0.15) is 32.1 Å². The maximum Gasteiger partial charge on any atom is 0.260 e. The average Bonchev–Trinajstić information content (AvgIpc) is 2.69. The second-order valence-corrected chi connectivity index (χ2v) is 6.93. The minimum Gasteiger partial charge on any atom is -0.484 e. The molecule has 5 heteroatoms. The zero-order valence-electron chi connectivity index (χ0n) is 15.1. The Morgan fingerprint density at radius 2 is 1.84 bits per heavy atom. The van der Waals surface area contributed by atoms with Crippen LogP contribution in [0.2, 0.25) is 0 Å². The van der Waals surface area contributed by atoms with Crippen molar-refractivity contribution in [2.75, 3.05) is 46.0 Å². The van der Waals surface area contributed by atoms with Gasteiger partial charge in [0.2, 0.25) is 0 Å². The molecule has 2 fully saturated rings. The minimum atomic E-state index is 0.0905. The Kier molecular flexibility index (Phi) is 7.12. The van der Waals surface area contributed by atoms with E-state index in [0.29, 0.717) is 0 Å². The predicted octanol–water partition coefficient (Wildman–Crippen LogP) is 2.56. The highest BCUT2D eigenvalue weighted by molar-refractivity contribution is 5.78. The van der Waals surface area contributed by atoms with Gasteiger partial charge in [-0.15, -0.1) is 0 Å². The molecule has 2 aliphatic rings. The molecule has 0 aliphatic carbocycles. The van der Waals surface area contributed by atoms with E-state index >= 15 is 0 Å². The molecule has 1 aromatic carbocycles. The van der Waals surface area contributed by atoms with E-state index in [1.807, 2.05) is 35.2 Å². The Morgan fingerprint density at radius 1 is 1.12 bits per heavy atom. The molecule has 1 amide bonds. The van der Waals surface area contributed by atoms with Crippen molar-refractivity contribution in [1.82, 2.24) is 9.80 Å². The summed E-state index contributed by atoms with van der Waals surface area (Å²) in [4.78, 5) is 17.4. The summed E-state index contributed by atoms with van der Waals surface area (Å²) in [5, 5.41) is 0. The fourth-order valence-electron chi connectivity index (χ4n) is 3.68. The third-order valence-corrected chi connectivity index (χ3v) is 5.16. The first-order chi connectivity index (χ1) is 12.3. The van der Waals surface area contributed by atoms with Gasteiger partial charge >= 0.3 is 0 Å². The van der Waals surface area contributed by atoms with Gasteiger partial charge in [-0.05, 0) is 50.9 Å². The molecule has 0 radical (unpaired) electrons. The molecule has 0 saturated carbocycles. The summed E-state index contributed by atoms with van der Waals surface area (Å²) in [5.74, 6) is 0.839. The first-order valence-electron chi connectivity index (χ1n) is 9.60. The Hall–Kier alpha value is -1.59. The van der Waals surface area contributed by atoms with E-state index in [1.165, 1.54) is 19.3 Å². The van der Waals surface area contributed by atoms with Crippen molar-refractivity contribution >= 4 is 5.91 Å². The fourth-order valence-corrected chi connectivity index (χ4v) is 3.68. The van der Waals surface area contributed by atoms with Gasteiger partial charge in [0.05, 0.1) is 0 Å². The molecule has 5 nitrogen and oxygen atoms in total. The van der Waals surface area contributed by atoms with Crippen LogP contribution in [0, 0.1) is 0 Å². The summed E-state index contributed by atoms with van der Waals surface area (Å²) in [7, 11) is 0. The van der Waals surface area contributed by atoms with Gasteiger partial charge < -0.3 is 19.3 Å². The van der Waals surface area contributed by atoms with Crippen molar-refractivity contribution in [3.05, 3.63) is 30.3 Å². The monoisotopic (exact) mass is 346 g/mol. The minimum absolute atomic E-state index is 0.0905. The third kappa shape index (κ3) is 5.72. The molecule has 0 atom stereocenters. The van der Waals surface area contributed by atoms with Crippen LogP contribution in [-0.2, 0) is 9.53 Å².